The van der Waals surface area contributed by atoms with Crippen LogP contribution in [0.15, 0.2) is 18.2 Å². The molecular weight excluding hydrogens is 236 g/mol. The van der Waals surface area contributed by atoms with Crippen molar-refractivity contribution in [1.82, 2.24) is 4.90 Å². The van der Waals surface area contributed by atoms with Crippen LogP contribution in [0.4, 0.5) is 0 Å². The highest BCUT2D eigenvalue weighted by atomic mass is 16.5. The van der Waals surface area contributed by atoms with Crippen LogP contribution in [0.25, 0.3) is 0 Å². The number of hydrogen-bond acceptors (Lipinski definition) is 3. The van der Waals surface area contributed by atoms with Gasteiger partial charge in [0.2, 0.25) is 0 Å². The van der Waals surface area contributed by atoms with Gasteiger partial charge >= 0.3 is 0 Å². The molecule has 0 radical (unpaired) electrons. The molecule has 1 rings (SSSR count). The van der Waals surface area contributed by atoms with Gasteiger partial charge in [0.25, 0.3) is 0 Å². The summed E-state index contributed by atoms with van der Waals surface area (Å²) in [6.07, 6.45) is 0. The van der Waals surface area contributed by atoms with Crippen LogP contribution in [0.5, 0.6) is 0 Å². The minimum Gasteiger partial charge on any atom is -0.383 e. The van der Waals surface area contributed by atoms with E-state index in [4.69, 9.17) is 10.5 Å². The van der Waals surface area contributed by atoms with E-state index in [1.807, 2.05) is 0 Å². The maximum absolute atomic E-state index is 6.04. The summed E-state index contributed by atoms with van der Waals surface area (Å²) >= 11 is 0. The summed E-state index contributed by atoms with van der Waals surface area (Å²) in [6.45, 7) is 11.0. The second-order valence-corrected chi connectivity index (χ2v) is 5.44. The Morgan fingerprint density at radius 2 is 1.95 bits per heavy atom. The van der Waals surface area contributed by atoms with Gasteiger partial charge in [0.05, 0.1) is 6.61 Å². The summed E-state index contributed by atoms with van der Waals surface area (Å²) in [5.74, 6) is 0. The molecule has 0 fully saturated rings. The van der Waals surface area contributed by atoms with Crippen LogP contribution in [-0.4, -0.2) is 37.7 Å². The topological polar surface area (TPSA) is 38.5 Å². The molecule has 3 nitrogen and oxygen atoms in total. The number of ether oxygens (including phenoxy) is 1. The van der Waals surface area contributed by atoms with Crippen LogP contribution in [-0.2, 0) is 4.74 Å². The van der Waals surface area contributed by atoms with E-state index in [2.05, 4.69) is 50.8 Å². The van der Waals surface area contributed by atoms with E-state index < -0.39 is 0 Å². The molecule has 0 amide bonds. The molecule has 0 aromatic heterocycles. The van der Waals surface area contributed by atoms with E-state index in [1.54, 1.807) is 7.11 Å². The highest BCUT2D eigenvalue weighted by Crippen LogP contribution is 2.25. The number of nitrogens with zero attached hydrogens (tertiary/aromatic N) is 1. The zero-order valence-corrected chi connectivity index (χ0v) is 12.9. The van der Waals surface area contributed by atoms with Gasteiger partial charge in [-0.1, -0.05) is 23.8 Å². The zero-order chi connectivity index (χ0) is 14.4. The second-order valence-electron chi connectivity index (χ2n) is 5.44. The van der Waals surface area contributed by atoms with Gasteiger partial charge in [0.1, 0.15) is 0 Å². The van der Waals surface area contributed by atoms with Crippen molar-refractivity contribution in [3.05, 3.63) is 34.9 Å². The van der Waals surface area contributed by atoms with Crippen LogP contribution in [0.1, 0.15) is 36.6 Å². The molecular formula is C16H28N2O. The minimum atomic E-state index is 0.260. The lowest BCUT2D eigenvalue weighted by molar-refractivity contribution is 0.0977. The summed E-state index contributed by atoms with van der Waals surface area (Å²) in [5, 5.41) is 0. The third-order valence-corrected chi connectivity index (χ3v) is 3.62. The van der Waals surface area contributed by atoms with Crippen LogP contribution in [0, 0.1) is 13.8 Å². The predicted molar refractivity (Wildman–Crippen MR) is 81.4 cm³/mol. The highest BCUT2D eigenvalue weighted by molar-refractivity contribution is 5.33. The van der Waals surface area contributed by atoms with E-state index in [0.717, 1.165) is 13.2 Å². The zero-order valence-electron chi connectivity index (χ0n) is 12.9. The summed E-state index contributed by atoms with van der Waals surface area (Å²) < 4.78 is 5.22. The maximum atomic E-state index is 6.04. The quantitative estimate of drug-likeness (QED) is 0.823. The van der Waals surface area contributed by atoms with Crippen molar-refractivity contribution >= 4 is 0 Å². The van der Waals surface area contributed by atoms with Crippen molar-refractivity contribution in [2.24, 2.45) is 5.73 Å². The number of methoxy groups -OCH3 is 1. The molecule has 1 atom stereocenters. The third-order valence-electron chi connectivity index (χ3n) is 3.62. The molecule has 1 aromatic rings. The second kappa shape index (κ2) is 7.63. The molecule has 0 bridgehead atoms. The lowest BCUT2D eigenvalue weighted by Gasteiger charge is -2.35. The van der Waals surface area contributed by atoms with Crippen molar-refractivity contribution < 1.29 is 4.74 Å². The average molecular weight is 264 g/mol. The molecule has 0 saturated heterocycles. The van der Waals surface area contributed by atoms with Crippen molar-refractivity contribution in [2.45, 2.75) is 39.8 Å². The molecule has 0 aliphatic carbocycles. The first kappa shape index (κ1) is 16.2. The Labute approximate surface area is 117 Å². The standard InChI is InChI=1S/C16H28N2O/c1-12(2)18(8-9-19-5)16(11-17)15-7-6-13(3)10-14(15)4/h6-7,10,12,16H,8-9,11,17H2,1-5H3. The Morgan fingerprint density at radius 1 is 1.26 bits per heavy atom. The van der Waals surface area contributed by atoms with Gasteiger partial charge in [-0.25, -0.2) is 0 Å². The van der Waals surface area contributed by atoms with Crippen LogP contribution >= 0.6 is 0 Å². The van der Waals surface area contributed by atoms with Crippen molar-refractivity contribution in [3.63, 3.8) is 0 Å². The first-order chi connectivity index (χ1) is 9.01. The van der Waals surface area contributed by atoms with Crippen LogP contribution in [0.2, 0.25) is 0 Å². The summed E-state index contributed by atoms with van der Waals surface area (Å²) in [5.41, 5.74) is 9.99. The lowest BCUT2D eigenvalue weighted by Crippen LogP contribution is -2.41. The number of rotatable bonds is 7. The fraction of sp³-hybridized carbons (Fsp3) is 0.625. The molecule has 19 heavy (non-hydrogen) atoms. The van der Waals surface area contributed by atoms with Gasteiger partial charge in [-0.2, -0.15) is 0 Å². The highest BCUT2D eigenvalue weighted by Gasteiger charge is 2.22. The molecule has 0 saturated carbocycles. The van der Waals surface area contributed by atoms with Crippen LogP contribution < -0.4 is 5.73 Å². The van der Waals surface area contributed by atoms with Crippen molar-refractivity contribution in [1.29, 1.82) is 0 Å². The molecule has 1 aromatic carbocycles. The monoisotopic (exact) mass is 264 g/mol. The van der Waals surface area contributed by atoms with Gasteiger partial charge in [-0.15, -0.1) is 0 Å². The van der Waals surface area contributed by atoms with Gasteiger partial charge in [-0.05, 0) is 38.8 Å². The first-order valence-electron chi connectivity index (χ1n) is 7.03. The Kier molecular flexibility index (Phi) is 6.49. The van der Waals surface area contributed by atoms with Crippen LogP contribution in [0.3, 0.4) is 0 Å². The molecule has 1 unspecified atom stereocenters. The molecule has 3 heteroatoms. The lowest BCUT2D eigenvalue weighted by atomic mass is 9.97. The normalized spacial score (nSPS) is 13.3. The Morgan fingerprint density at radius 3 is 2.42 bits per heavy atom. The van der Waals surface area contributed by atoms with Gasteiger partial charge < -0.3 is 10.5 Å². The molecule has 0 aliphatic rings. The third kappa shape index (κ3) is 4.30. The Balaban J connectivity index is 3.01. The molecule has 0 heterocycles. The number of benzene rings is 1. The van der Waals surface area contributed by atoms with E-state index in [1.165, 1.54) is 16.7 Å². The summed E-state index contributed by atoms with van der Waals surface area (Å²) in [4.78, 5) is 2.42. The number of aryl methyl sites for hydroxylation is 2. The molecule has 108 valence electrons. The smallest absolute Gasteiger partial charge is 0.0590 e. The SMILES string of the molecule is COCCN(C(C)C)C(CN)c1ccc(C)cc1C. The molecule has 2 N–H and O–H groups in total. The fourth-order valence-corrected chi connectivity index (χ4v) is 2.61. The minimum absolute atomic E-state index is 0.260. The Hall–Kier alpha value is -0.900. The average Bonchev–Trinajstić information content (AvgIpc) is 2.35. The first-order valence-corrected chi connectivity index (χ1v) is 7.03. The van der Waals surface area contributed by atoms with E-state index >= 15 is 0 Å². The Bertz CT molecular complexity index is 390. The predicted octanol–water partition coefficient (Wildman–Crippen LogP) is 2.66. The van der Waals surface area contributed by atoms with Crippen molar-refractivity contribution in [2.75, 3.05) is 26.8 Å². The largest absolute Gasteiger partial charge is 0.383 e. The van der Waals surface area contributed by atoms with E-state index in [9.17, 15) is 0 Å². The van der Waals surface area contributed by atoms with Crippen molar-refractivity contribution in [3.8, 4) is 0 Å². The number of nitrogens with two attached hydrogens (primary N) is 1. The molecule has 0 spiro atoms. The van der Waals surface area contributed by atoms with E-state index in [-0.39, 0.29) is 6.04 Å². The van der Waals surface area contributed by atoms with E-state index in [0.29, 0.717) is 12.6 Å². The van der Waals surface area contributed by atoms with Gasteiger partial charge in [0.15, 0.2) is 0 Å². The summed E-state index contributed by atoms with van der Waals surface area (Å²) in [7, 11) is 1.74. The summed E-state index contributed by atoms with van der Waals surface area (Å²) in [6, 6.07) is 7.32. The van der Waals surface area contributed by atoms with Gasteiger partial charge in [0, 0.05) is 32.3 Å². The molecule has 0 aliphatic heterocycles. The fourth-order valence-electron chi connectivity index (χ4n) is 2.61. The number of hydrogen-bond donors (Lipinski definition) is 1. The van der Waals surface area contributed by atoms with Gasteiger partial charge in [-0.3, -0.25) is 4.90 Å². The maximum Gasteiger partial charge on any atom is 0.0590 e.